The van der Waals surface area contributed by atoms with Crippen LogP contribution in [0, 0.1) is 0 Å². The van der Waals surface area contributed by atoms with E-state index in [4.69, 9.17) is 10.5 Å². The Bertz CT molecular complexity index is 702. The van der Waals surface area contributed by atoms with E-state index in [1.165, 1.54) is 0 Å². The molecule has 0 aliphatic heterocycles. The van der Waals surface area contributed by atoms with E-state index in [1.807, 2.05) is 54.6 Å². The second kappa shape index (κ2) is 10.1. The van der Waals surface area contributed by atoms with Crippen molar-refractivity contribution in [1.29, 1.82) is 0 Å². The number of ether oxygens (including phenoxy) is 1. The number of nitrogens with one attached hydrogen (secondary N) is 2. The molecule has 0 aliphatic carbocycles. The number of para-hydroxylation sites is 1. The largest absolute Gasteiger partial charge is 0.380 e. The molecule has 0 atom stereocenters. The third kappa shape index (κ3) is 6.64. The number of guanidine groups is 1. The maximum atomic E-state index is 11.8. The molecule has 0 saturated heterocycles. The quantitative estimate of drug-likeness (QED) is 0.508. The number of benzene rings is 2. The standard InChI is InChI=1S/C19H24N4O2/c1-25-14-16-9-5-6-10-17(16)23-19(20)21-12-11-18(24)22-13-15-7-3-2-4-8-15/h2-10H,11-14H2,1H3,(H,22,24)(H3,20,21,23). The summed E-state index contributed by atoms with van der Waals surface area (Å²) in [6, 6.07) is 17.5. The molecule has 2 aromatic rings. The van der Waals surface area contributed by atoms with E-state index in [2.05, 4.69) is 15.6 Å². The number of carbonyl (C=O) groups excluding carboxylic acids is 1. The molecule has 1 amide bonds. The van der Waals surface area contributed by atoms with Crippen molar-refractivity contribution >= 4 is 17.6 Å². The summed E-state index contributed by atoms with van der Waals surface area (Å²) >= 11 is 0. The highest BCUT2D eigenvalue weighted by molar-refractivity contribution is 5.93. The minimum absolute atomic E-state index is 0.0554. The van der Waals surface area contributed by atoms with Crippen LogP contribution in [0.15, 0.2) is 59.6 Å². The summed E-state index contributed by atoms with van der Waals surface area (Å²) in [5, 5.41) is 5.91. The average molecular weight is 340 g/mol. The highest BCUT2D eigenvalue weighted by Crippen LogP contribution is 2.15. The Hall–Kier alpha value is -2.86. The summed E-state index contributed by atoms with van der Waals surface area (Å²) in [4.78, 5) is 16.0. The maximum Gasteiger partial charge on any atom is 0.222 e. The van der Waals surface area contributed by atoms with Gasteiger partial charge in [0.1, 0.15) is 0 Å². The summed E-state index contributed by atoms with van der Waals surface area (Å²) in [5.41, 5.74) is 8.79. The van der Waals surface area contributed by atoms with E-state index >= 15 is 0 Å². The lowest BCUT2D eigenvalue weighted by atomic mass is 10.2. The van der Waals surface area contributed by atoms with Gasteiger partial charge in [0.05, 0.1) is 13.2 Å². The van der Waals surface area contributed by atoms with E-state index < -0.39 is 0 Å². The van der Waals surface area contributed by atoms with Gasteiger partial charge in [0.25, 0.3) is 0 Å². The number of nitrogens with two attached hydrogens (primary N) is 1. The first-order chi connectivity index (χ1) is 12.2. The molecule has 0 saturated carbocycles. The van der Waals surface area contributed by atoms with Crippen LogP contribution in [0.2, 0.25) is 0 Å². The molecule has 6 heteroatoms. The van der Waals surface area contributed by atoms with Gasteiger partial charge < -0.3 is 21.1 Å². The first-order valence-electron chi connectivity index (χ1n) is 8.13. The first-order valence-corrected chi connectivity index (χ1v) is 8.13. The molecule has 2 rings (SSSR count). The molecule has 4 N–H and O–H groups in total. The monoisotopic (exact) mass is 340 g/mol. The van der Waals surface area contributed by atoms with Crippen LogP contribution < -0.4 is 16.4 Å². The molecule has 0 unspecified atom stereocenters. The van der Waals surface area contributed by atoms with Crippen LogP contribution in [0.4, 0.5) is 5.69 Å². The third-order valence-electron chi connectivity index (χ3n) is 3.53. The number of rotatable bonds is 8. The minimum atomic E-state index is -0.0554. The lowest BCUT2D eigenvalue weighted by molar-refractivity contribution is -0.121. The van der Waals surface area contributed by atoms with Gasteiger partial charge in [-0.25, -0.2) is 0 Å². The molecule has 0 aromatic heterocycles. The van der Waals surface area contributed by atoms with Gasteiger partial charge in [-0.1, -0.05) is 48.5 Å². The Morgan fingerprint density at radius 2 is 1.84 bits per heavy atom. The van der Waals surface area contributed by atoms with E-state index in [-0.39, 0.29) is 18.3 Å². The molecule has 25 heavy (non-hydrogen) atoms. The lowest BCUT2D eigenvalue weighted by Gasteiger charge is -2.10. The molecule has 6 nitrogen and oxygen atoms in total. The van der Waals surface area contributed by atoms with Crippen LogP contribution >= 0.6 is 0 Å². The number of aliphatic imine (C=N–C) groups is 1. The number of anilines is 1. The van der Waals surface area contributed by atoms with Crippen LogP contribution in [0.3, 0.4) is 0 Å². The van der Waals surface area contributed by atoms with Crippen LogP contribution in [0.1, 0.15) is 17.5 Å². The fourth-order valence-corrected chi connectivity index (χ4v) is 2.26. The molecule has 132 valence electrons. The zero-order valence-corrected chi connectivity index (χ0v) is 14.4. The molecule has 0 aliphatic rings. The Morgan fingerprint density at radius 3 is 2.60 bits per heavy atom. The van der Waals surface area contributed by atoms with E-state index in [0.29, 0.717) is 19.7 Å². The van der Waals surface area contributed by atoms with Gasteiger partial charge >= 0.3 is 0 Å². The van der Waals surface area contributed by atoms with Crippen LogP contribution in [-0.2, 0) is 22.7 Å². The summed E-state index contributed by atoms with van der Waals surface area (Å²) in [6.45, 7) is 1.33. The van der Waals surface area contributed by atoms with Gasteiger partial charge in [-0.15, -0.1) is 0 Å². The third-order valence-corrected chi connectivity index (χ3v) is 3.53. The predicted molar refractivity (Wildman–Crippen MR) is 100 cm³/mol. The molecule has 0 heterocycles. The Kier molecular flexibility index (Phi) is 7.46. The van der Waals surface area contributed by atoms with Crippen molar-refractivity contribution in [2.45, 2.75) is 19.6 Å². The predicted octanol–water partition coefficient (Wildman–Crippen LogP) is 2.27. The SMILES string of the molecule is COCc1ccccc1NC(N)=NCCC(=O)NCc1ccccc1. The van der Waals surface area contributed by atoms with Crippen molar-refractivity contribution in [2.24, 2.45) is 10.7 Å². The average Bonchev–Trinajstić information content (AvgIpc) is 2.63. The first kappa shape index (κ1) is 18.5. The van der Waals surface area contributed by atoms with Gasteiger partial charge in [0.15, 0.2) is 5.96 Å². The molecule has 0 fully saturated rings. The normalized spacial score (nSPS) is 11.2. The highest BCUT2D eigenvalue weighted by atomic mass is 16.5. The Labute approximate surface area is 148 Å². The molecular formula is C19H24N4O2. The van der Waals surface area contributed by atoms with Gasteiger partial charge in [-0.2, -0.15) is 0 Å². The van der Waals surface area contributed by atoms with Gasteiger partial charge in [-0.05, 0) is 11.6 Å². The topological polar surface area (TPSA) is 88.7 Å². The van der Waals surface area contributed by atoms with Crippen LogP contribution in [-0.4, -0.2) is 25.5 Å². The summed E-state index contributed by atoms with van der Waals surface area (Å²) in [6.07, 6.45) is 0.287. The second-order valence-electron chi connectivity index (χ2n) is 5.49. The number of methoxy groups -OCH3 is 1. The van der Waals surface area contributed by atoms with Crippen LogP contribution in [0.25, 0.3) is 0 Å². The maximum absolute atomic E-state index is 11.8. The van der Waals surface area contributed by atoms with Crippen molar-refractivity contribution in [3.63, 3.8) is 0 Å². The molecule has 2 aromatic carbocycles. The smallest absolute Gasteiger partial charge is 0.222 e. The van der Waals surface area contributed by atoms with E-state index in [0.717, 1.165) is 16.8 Å². The fraction of sp³-hybridized carbons (Fsp3) is 0.263. The Morgan fingerprint density at radius 1 is 1.12 bits per heavy atom. The summed E-state index contributed by atoms with van der Waals surface area (Å²) < 4.78 is 5.15. The number of hydrogen-bond acceptors (Lipinski definition) is 3. The zero-order chi connectivity index (χ0) is 17.9. The lowest BCUT2D eigenvalue weighted by Crippen LogP contribution is -2.26. The summed E-state index contributed by atoms with van der Waals surface area (Å²) in [5.74, 6) is 0.222. The van der Waals surface area contributed by atoms with Gasteiger partial charge in [0.2, 0.25) is 5.91 Å². The van der Waals surface area contributed by atoms with Crippen molar-refractivity contribution in [3.05, 3.63) is 65.7 Å². The highest BCUT2D eigenvalue weighted by Gasteiger charge is 2.04. The van der Waals surface area contributed by atoms with Gasteiger partial charge in [0, 0.05) is 31.3 Å². The molecule has 0 bridgehead atoms. The number of nitrogens with zero attached hydrogens (tertiary/aromatic N) is 1. The second-order valence-corrected chi connectivity index (χ2v) is 5.49. The number of amides is 1. The fourth-order valence-electron chi connectivity index (χ4n) is 2.26. The molecule has 0 spiro atoms. The van der Waals surface area contributed by atoms with Crippen molar-refractivity contribution in [2.75, 3.05) is 19.0 Å². The van der Waals surface area contributed by atoms with E-state index in [1.54, 1.807) is 7.11 Å². The van der Waals surface area contributed by atoms with E-state index in [9.17, 15) is 4.79 Å². The molecule has 0 radical (unpaired) electrons. The minimum Gasteiger partial charge on any atom is -0.380 e. The van der Waals surface area contributed by atoms with Crippen molar-refractivity contribution in [1.82, 2.24) is 5.32 Å². The number of carbonyl (C=O) groups is 1. The number of hydrogen-bond donors (Lipinski definition) is 3. The summed E-state index contributed by atoms with van der Waals surface area (Å²) in [7, 11) is 1.64. The molecular weight excluding hydrogens is 316 g/mol. The van der Waals surface area contributed by atoms with Crippen molar-refractivity contribution < 1.29 is 9.53 Å². The van der Waals surface area contributed by atoms with Crippen molar-refractivity contribution in [3.8, 4) is 0 Å². The Balaban J connectivity index is 1.76. The van der Waals surface area contributed by atoms with Crippen LogP contribution in [0.5, 0.6) is 0 Å². The van der Waals surface area contributed by atoms with Gasteiger partial charge in [-0.3, -0.25) is 9.79 Å². The zero-order valence-electron chi connectivity index (χ0n) is 14.4.